The molecule has 1 rings (SSSR count). The zero-order valence-electron chi connectivity index (χ0n) is 8.51. The van der Waals surface area contributed by atoms with Crippen LogP contribution in [0.5, 0.6) is 0 Å². The van der Waals surface area contributed by atoms with Gasteiger partial charge in [-0.1, -0.05) is 0 Å². The fourth-order valence-electron chi connectivity index (χ4n) is 1.08. The first-order valence-corrected chi connectivity index (χ1v) is 4.56. The molecule has 0 aliphatic heterocycles. The summed E-state index contributed by atoms with van der Waals surface area (Å²) in [5.41, 5.74) is 0.161. The van der Waals surface area contributed by atoms with E-state index in [0.29, 0.717) is 0 Å². The zero-order valence-corrected chi connectivity index (χ0v) is 8.51. The van der Waals surface area contributed by atoms with Crippen molar-refractivity contribution in [1.29, 1.82) is 5.26 Å². The highest BCUT2D eigenvalue weighted by Crippen LogP contribution is 2.17. The number of anilines is 1. The van der Waals surface area contributed by atoms with E-state index in [1.54, 1.807) is 6.07 Å². The Bertz CT molecular complexity index is 425. The van der Waals surface area contributed by atoms with Crippen molar-refractivity contribution >= 4 is 5.69 Å². The summed E-state index contributed by atoms with van der Waals surface area (Å²) in [6, 6.07) is 5.37. The second kappa shape index (κ2) is 5.50. The van der Waals surface area contributed by atoms with Crippen LogP contribution in [0, 0.1) is 17.1 Å². The van der Waals surface area contributed by atoms with Crippen molar-refractivity contribution in [2.75, 3.05) is 18.5 Å². The molecule has 0 radical (unpaired) electrons. The van der Waals surface area contributed by atoms with Crippen molar-refractivity contribution < 1.29 is 22.3 Å². The van der Waals surface area contributed by atoms with Crippen LogP contribution < -0.4 is 5.32 Å². The molecule has 1 aromatic rings. The number of nitriles is 1. The predicted molar refractivity (Wildman–Crippen MR) is 51.6 cm³/mol. The van der Waals surface area contributed by atoms with Gasteiger partial charge in [-0.2, -0.15) is 5.26 Å². The molecule has 0 atom stereocenters. The molecule has 1 N–H and O–H groups in total. The maximum atomic E-state index is 13.2. The Hall–Kier alpha value is -1.81. The molecule has 0 unspecified atom stereocenters. The van der Waals surface area contributed by atoms with Gasteiger partial charge in [-0.05, 0) is 18.2 Å². The van der Waals surface area contributed by atoms with Crippen LogP contribution in [0.25, 0.3) is 0 Å². The normalized spacial score (nSPS) is 11.0. The number of nitrogens with zero attached hydrogens (tertiary/aromatic N) is 1. The SMILES string of the molecule is N#Cc1ccc(NCCOC(F)(F)F)c(F)c1. The summed E-state index contributed by atoms with van der Waals surface area (Å²) in [4.78, 5) is 0. The molecule has 0 heterocycles. The first-order valence-electron chi connectivity index (χ1n) is 4.56. The zero-order chi connectivity index (χ0) is 12.9. The summed E-state index contributed by atoms with van der Waals surface area (Å²) >= 11 is 0. The van der Waals surface area contributed by atoms with E-state index in [0.717, 1.165) is 6.07 Å². The Balaban J connectivity index is 2.45. The highest BCUT2D eigenvalue weighted by molar-refractivity contribution is 5.48. The van der Waals surface area contributed by atoms with E-state index >= 15 is 0 Å². The Morgan fingerprint density at radius 3 is 2.59 bits per heavy atom. The number of halogens is 4. The highest BCUT2D eigenvalue weighted by atomic mass is 19.4. The topological polar surface area (TPSA) is 45.0 Å². The lowest BCUT2D eigenvalue weighted by molar-refractivity contribution is -0.322. The Morgan fingerprint density at radius 2 is 2.06 bits per heavy atom. The maximum absolute atomic E-state index is 13.2. The molecule has 3 nitrogen and oxygen atoms in total. The average molecular weight is 248 g/mol. The molecule has 0 bridgehead atoms. The molecule has 0 spiro atoms. The van der Waals surface area contributed by atoms with E-state index in [1.165, 1.54) is 12.1 Å². The number of hydrogen-bond donors (Lipinski definition) is 1. The maximum Gasteiger partial charge on any atom is 0.522 e. The second-order valence-electron chi connectivity index (χ2n) is 3.03. The number of rotatable bonds is 4. The van der Waals surface area contributed by atoms with E-state index in [9.17, 15) is 17.6 Å². The highest BCUT2D eigenvalue weighted by Gasteiger charge is 2.28. The molecule has 0 saturated carbocycles. The van der Waals surface area contributed by atoms with Crippen molar-refractivity contribution in [3.63, 3.8) is 0 Å². The first kappa shape index (κ1) is 13.3. The van der Waals surface area contributed by atoms with Gasteiger partial charge in [0.25, 0.3) is 0 Å². The van der Waals surface area contributed by atoms with Crippen LogP contribution in [0.15, 0.2) is 18.2 Å². The van der Waals surface area contributed by atoms with E-state index < -0.39 is 18.8 Å². The first-order chi connectivity index (χ1) is 7.92. The van der Waals surface area contributed by atoms with Crippen molar-refractivity contribution in [3.8, 4) is 6.07 Å². The van der Waals surface area contributed by atoms with Crippen LogP contribution in [0.1, 0.15) is 5.56 Å². The minimum absolute atomic E-state index is 0.0229. The van der Waals surface area contributed by atoms with E-state index in [4.69, 9.17) is 5.26 Å². The third kappa shape index (κ3) is 4.70. The molecule has 92 valence electrons. The fourth-order valence-corrected chi connectivity index (χ4v) is 1.08. The molecule has 1 aromatic carbocycles. The molecule has 0 fully saturated rings. The molecule has 7 heteroatoms. The minimum atomic E-state index is -4.69. The minimum Gasteiger partial charge on any atom is -0.380 e. The molecule has 0 saturated heterocycles. The van der Waals surface area contributed by atoms with Gasteiger partial charge >= 0.3 is 6.36 Å². The molecule has 17 heavy (non-hydrogen) atoms. The van der Waals surface area contributed by atoms with Gasteiger partial charge < -0.3 is 5.32 Å². The van der Waals surface area contributed by atoms with Gasteiger partial charge in [0.05, 0.1) is 23.9 Å². The van der Waals surface area contributed by atoms with Crippen molar-refractivity contribution in [3.05, 3.63) is 29.6 Å². The van der Waals surface area contributed by atoms with Crippen LogP contribution in [-0.4, -0.2) is 19.5 Å². The number of nitrogens with one attached hydrogen (secondary N) is 1. The van der Waals surface area contributed by atoms with Crippen molar-refractivity contribution in [2.24, 2.45) is 0 Å². The van der Waals surface area contributed by atoms with Gasteiger partial charge in [-0.3, -0.25) is 4.74 Å². The Morgan fingerprint density at radius 1 is 1.35 bits per heavy atom. The van der Waals surface area contributed by atoms with Crippen molar-refractivity contribution in [1.82, 2.24) is 0 Å². The lowest BCUT2D eigenvalue weighted by atomic mass is 10.2. The third-order valence-electron chi connectivity index (χ3n) is 1.78. The lowest BCUT2D eigenvalue weighted by Gasteiger charge is -2.09. The molecular formula is C10H8F4N2O. The number of ether oxygens (including phenoxy) is 1. The van der Waals surface area contributed by atoms with Crippen LogP contribution in [0.3, 0.4) is 0 Å². The monoisotopic (exact) mass is 248 g/mol. The van der Waals surface area contributed by atoms with Gasteiger partial charge in [-0.25, -0.2) is 4.39 Å². The quantitative estimate of drug-likeness (QED) is 0.658. The van der Waals surface area contributed by atoms with Gasteiger partial charge in [0.15, 0.2) is 0 Å². The molecular weight excluding hydrogens is 240 g/mol. The molecule has 0 aromatic heterocycles. The van der Waals surface area contributed by atoms with Gasteiger partial charge in [0.2, 0.25) is 0 Å². The Labute approximate surface area is 94.6 Å². The summed E-state index contributed by atoms with van der Waals surface area (Å²) < 4.78 is 51.5. The van der Waals surface area contributed by atoms with Crippen LogP contribution >= 0.6 is 0 Å². The smallest absolute Gasteiger partial charge is 0.380 e. The average Bonchev–Trinajstić information content (AvgIpc) is 2.24. The van der Waals surface area contributed by atoms with Crippen LogP contribution in [0.2, 0.25) is 0 Å². The fraction of sp³-hybridized carbons (Fsp3) is 0.300. The summed E-state index contributed by atoms with van der Waals surface area (Å²) in [6.45, 7) is -0.814. The summed E-state index contributed by atoms with van der Waals surface area (Å²) in [5, 5.41) is 10.9. The molecule has 0 aliphatic rings. The number of hydrogen-bond acceptors (Lipinski definition) is 3. The van der Waals surface area contributed by atoms with Gasteiger partial charge in [0.1, 0.15) is 5.82 Å². The third-order valence-corrected chi connectivity index (χ3v) is 1.78. The van der Waals surface area contributed by atoms with Gasteiger partial charge in [0, 0.05) is 6.54 Å². The molecule has 0 aliphatic carbocycles. The van der Waals surface area contributed by atoms with Crippen molar-refractivity contribution in [2.45, 2.75) is 6.36 Å². The summed E-state index contributed by atoms with van der Waals surface area (Å²) in [7, 11) is 0. The number of alkyl halides is 3. The van der Waals surface area contributed by atoms with Crippen LogP contribution in [-0.2, 0) is 4.74 Å². The van der Waals surface area contributed by atoms with Gasteiger partial charge in [-0.15, -0.1) is 13.2 Å². The Kier molecular flexibility index (Phi) is 4.29. The van der Waals surface area contributed by atoms with E-state index in [2.05, 4.69) is 10.1 Å². The standard InChI is InChI=1S/C10H8F4N2O/c11-8-5-7(6-15)1-2-9(8)16-3-4-17-10(12,13)14/h1-2,5,16H,3-4H2. The van der Waals surface area contributed by atoms with E-state index in [1.807, 2.05) is 0 Å². The molecule has 0 amide bonds. The summed E-state index contributed by atoms with van der Waals surface area (Å²) in [6.07, 6.45) is -4.69. The lowest BCUT2D eigenvalue weighted by Crippen LogP contribution is -2.19. The van der Waals surface area contributed by atoms with E-state index in [-0.39, 0.29) is 17.8 Å². The van der Waals surface area contributed by atoms with Crippen LogP contribution in [0.4, 0.5) is 23.2 Å². The second-order valence-corrected chi connectivity index (χ2v) is 3.03. The summed E-state index contributed by atoms with van der Waals surface area (Å²) in [5.74, 6) is -0.698. The predicted octanol–water partition coefficient (Wildman–Crippen LogP) is 2.65. The largest absolute Gasteiger partial charge is 0.522 e. The number of benzene rings is 1.